The summed E-state index contributed by atoms with van der Waals surface area (Å²) in [6.45, 7) is 2.26. The second-order valence-electron chi connectivity index (χ2n) is 10.8. The van der Waals surface area contributed by atoms with Crippen molar-refractivity contribution < 1.29 is 14.4 Å². The van der Waals surface area contributed by atoms with Gasteiger partial charge in [0.05, 0.1) is 17.9 Å². The molecule has 3 aliphatic carbocycles. The molecule has 1 aliphatic heterocycles. The highest BCUT2D eigenvalue weighted by Crippen LogP contribution is 2.69. The molecule has 0 saturated carbocycles. The lowest BCUT2D eigenvalue weighted by Gasteiger charge is -2.54. The van der Waals surface area contributed by atoms with E-state index in [2.05, 4.69) is 5.32 Å². The molecule has 1 heterocycles. The Labute approximate surface area is 238 Å². The maximum atomic E-state index is 13.8. The van der Waals surface area contributed by atoms with Crippen LogP contribution in [0, 0.1) is 11.8 Å². The molecule has 7 heteroatoms. The number of nitrogens with one attached hydrogen (secondary N) is 1. The van der Waals surface area contributed by atoms with Crippen molar-refractivity contribution in [3.05, 3.63) is 107 Å². The first-order valence-corrected chi connectivity index (χ1v) is 14.3. The summed E-state index contributed by atoms with van der Waals surface area (Å²) in [5.74, 6) is -2.06. The molecule has 0 radical (unpaired) electrons. The first kappa shape index (κ1) is 26.1. The highest BCUT2D eigenvalue weighted by atomic mass is 35.5. The van der Waals surface area contributed by atoms with Crippen LogP contribution in [0.25, 0.3) is 0 Å². The van der Waals surface area contributed by atoms with E-state index < -0.39 is 21.6 Å². The Hall–Kier alpha value is -3.15. The van der Waals surface area contributed by atoms with Crippen molar-refractivity contribution in [2.45, 2.75) is 48.4 Å². The molecule has 39 heavy (non-hydrogen) atoms. The Kier molecular flexibility index (Phi) is 6.55. The fourth-order valence-corrected chi connectivity index (χ4v) is 7.91. The molecule has 3 amide bonds. The van der Waals surface area contributed by atoms with Gasteiger partial charge in [0.1, 0.15) is 9.75 Å². The summed E-state index contributed by atoms with van der Waals surface area (Å²) < 4.78 is 0. The first-order valence-electron chi connectivity index (χ1n) is 13.6. The lowest BCUT2D eigenvalue weighted by atomic mass is 9.54. The number of nitrogens with zero attached hydrogens (tertiary/aromatic N) is 1. The van der Waals surface area contributed by atoms with Crippen LogP contribution in [0.2, 0.25) is 0 Å². The Morgan fingerprint density at radius 2 is 1.23 bits per heavy atom. The van der Waals surface area contributed by atoms with Crippen LogP contribution in [-0.4, -0.2) is 29.2 Å². The number of unbranched alkanes of at least 4 members (excludes halogenated alkanes) is 2. The van der Waals surface area contributed by atoms with Gasteiger partial charge in [0, 0.05) is 13.0 Å². The van der Waals surface area contributed by atoms with Crippen molar-refractivity contribution in [3.8, 4) is 0 Å². The van der Waals surface area contributed by atoms with Gasteiger partial charge in [-0.3, -0.25) is 19.3 Å². The maximum absolute atomic E-state index is 13.8. The molecule has 2 bridgehead atoms. The van der Waals surface area contributed by atoms with E-state index in [-0.39, 0.29) is 23.8 Å². The van der Waals surface area contributed by atoms with E-state index in [0.717, 1.165) is 34.2 Å². The Morgan fingerprint density at radius 1 is 0.769 bits per heavy atom. The second kappa shape index (κ2) is 9.79. The molecule has 7 rings (SSSR count). The molecule has 1 N–H and O–H groups in total. The quantitative estimate of drug-likeness (QED) is 0.208. The number of rotatable bonds is 8. The first-order chi connectivity index (χ1) is 18.8. The smallest absolute Gasteiger partial charge is 0.235 e. The van der Waals surface area contributed by atoms with Crippen molar-refractivity contribution >= 4 is 40.9 Å². The van der Waals surface area contributed by atoms with E-state index in [1.165, 1.54) is 4.90 Å². The average molecular weight is 562 g/mol. The zero-order chi connectivity index (χ0) is 27.4. The number of hydrogen-bond donors (Lipinski definition) is 1. The number of alkyl halides is 2. The molecule has 200 valence electrons. The topological polar surface area (TPSA) is 66.5 Å². The minimum Gasteiger partial charge on any atom is -0.350 e. The van der Waals surface area contributed by atoms with Crippen molar-refractivity contribution in [1.29, 1.82) is 0 Å². The van der Waals surface area contributed by atoms with Gasteiger partial charge >= 0.3 is 0 Å². The van der Waals surface area contributed by atoms with Crippen LogP contribution in [-0.2, 0) is 24.1 Å². The summed E-state index contributed by atoms with van der Waals surface area (Å²) in [5.41, 5.74) is 4.28. The SMILES string of the molecule is C[C@H](NC(=O)CCCCCN1C(=O)[C@H]2[C@H](C1=O)C1(Cl)c3ccccc3C2(Cl)c2ccccc21)c1ccccc1. The number of hydrogen-bond acceptors (Lipinski definition) is 3. The van der Waals surface area contributed by atoms with Crippen LogP contribution in [0.15, 0.2) is 78.9 Å². The van der Waals surface area contributed by atoms with Crippen LogP contribution < -0.4 is 5.32 Å². The van der Waals surface area contributed by atoms with E-state index in [9.17, 15) is 14.4 Å². The molecule has 3 aromatic carbocycles. The summed E-state index contributed by atoms with van der Waals surface area (Å²) in [4.78, 5) is 39.2. The van der Waals surface area contributed by atoms with E-state index in [1.807, 2.05) is 85.8 Å². The Morgan fingerprint density at radius 3 is 1.72 bits per heavy atom. The van der Waals surface area contributed by atoms with Crippen molar-refractivity contribution in [2.24, 2.45) is 11.8 Å². The Balaban J connectivity index is 1.14. The molecule has 0 spiro atoms. The fourth-order valence-electron chi connectivity index (χ4n) is 6.82. The van der Waals surface area contributed by atoms with E-state index in [4.69, 9.17) is 23.2 Å². The van der Waals surface area contributed by atoms with Gasteiger partial charge in [0.2, 0.25) is 17.7 Å². The third kappa shape index (κ3) is 3.85. The molecule has 0 aromatic heterocycles. The van der Waals surface area contributed by atoms with E-state index in [1.54, 1.807) is 0 Å². The number of carbonyl (C=O) groups excluding carboxylic acids is 3. The van der Waals surface area contributed by atoms with Gasteiger partial charge < -0.3 is 5.32 Å². The van der Waals surface area contributed by atoms with Gasteiger partial charge in [-0.05, 0) is 47.6 Å². The minimum atomic E-state index is -1.15. The zero-order valence-corrected chi connectivity index (χ0v) is 23.2. The van der Waals surface area contributed by atoms with Gasteiger partial charge in [0.25, 0.3) is 0 Å². The molecule has 1 fully saturated rings. The number of imide groups is 1. The minimum absolute atomic E-state index is 0.00837. The summed E-state index contributed by atoms with van der Waals surface area (Å²) in [6, 6.07) is 25.1. The Bertz CT molecular complexity index is 1340. The molecule has 3 atom stereocenters. The number of likely N-dealkylation sites (tertiary alicyclic amines) is 1. The van der Waals surface area contributed by atoms with Gasteiger partial charge in [0.15, 0.2) is 0 Å². The van der Waals surface area contributed by atoms with Gasteiger partial charge in [-0.25, -0.2) is 0 Å². The van der Waals surface area contributed by atoms with Gasteiger partial charge in [-0.2, -0.15) is 0 Å². The van der Waals surface area contributed by atoms with Crippen LogP contribution in [0.3, 0.4) is 0 Å². The van der Waals surface area contributed by atoms with E-state index >= 15 is 0 Å². The molecule has 5 nitrogen and oxygen atoms in total. The van der Waals surface area contributed by atoms with Crippen LogP contribution in [0.4, 0.5) is 0 Å². The predicted octanol–water partition coefficient (Wildman–Crippen LogP) is 6.02. The zero-order valence-electron chi connectivity index (χ0n) is 21.7. The fraction of sp³-hybridized carbons (Fsp3) is 0.344. The number of benzene rings is 3. The van der Waals surface area contributed by atoms with E-state index in [0.29, 0.717) is 25.8 Å². The second-order valence-corrected chi connectivity index (χ2v) is 12.0. The summed E-state index contributed by atoms with van der Waals surface area (Å²) in [5, 5.41) is 3.03. The third-order valence-corrected chi connectivity index (χ3v) is 9.92. The monoisotopic (exact) mass is 560 g/mol. The standard InChI is InChI=1S/C32H30Cl2N2O3/c1-20(21-12-4-2-5-13-21)35-26(37)18-6-3-11-19-36-29(38)27-28(30(36)39)32(34)23-15-8-7-14-22(23)31(27,33)24-16-9-10-17-25(24)32/h2,4-5,7-10,12-17,20,27-28H,3,6,11,18-19H2,1H3,(H,35,37)/t20-,27+,28+,31?,32?/m0/s1. The van der Waals surface area contributed by atoms with Gasteiger partial charge in [-0.1, -0.05) is 85.3 Å². The lowest BCUT2D eigenvalue weighted by Crippen LogP contribution is -2.57. The number of carbonyl (C=O) groups is 3. The average Bonchev–Trinajstić information content (AvgIpc) is 3.22. The van der Waals surface area contributed by atoms with Gasteiger partial charge in [-0.15, -0.1) is 23.2 Å². The van der Waals surface area contributed by atoms with Crippen LogP contribution in [0.1, 0.15) is 66.5 Å². The van der Waals surface area contributed by atoms with Crippen LogP contribution >= 0.6 is 23.2 Å². The molecule has 4 aliphatic rings. The summed E-state index contributed by atoms with van der Waals surface area (Å²) in [7, 11) is 0. The summed E-state index contributed by atoms with van der Waals surface area (Å²) in [6.07, 6.45) is 2.40. The van der Waals surface area contributed by atoms with Crippen molar-refractivity contribution in [3.63, 3.8) is 0 Å². The molecular formula is C32H30Cl2N2O3. The summed E-state index contributed by atoms with van der Waals surface area (Å²) >= 11 is 14.9. The third-order valence-electron chi connectivity index (χ3n) is 8.64. The molecule has 1 saturated heterocycles. The highest BCUT2D eigenvalue weighted by Gasteiger charge is 2.72. The normalized spacial score (nSPS) is 27.1. The highest BCUT2D eigenvalue weighted by molar-refractivity contribution is 6.36. The maximum Gasteiger partial charge on any atom is 0.235 e. The molecule has 0 unspecified atom stereocenters. The van der Waals surface area contributed by atoms with Crippen LogP contribution in [0.5, 0.6) is 0 Å². The number of halogens is 2. The molecular weight excluding hydrogens is 531 g/mol. The molecule has 3 aromatic rings. The van der Waals surface area contributed by atoms with Crippen molar-refractivity contribution in [2.75, 3.05) is 6.54 Å². The lowest BCUT2D eigenvalue weighted by molar-refractivity contribution is -0.140. The largest absolute Gasteiger partial charge is 0.350 e. The number of amides is 3. The van der Waals surface area contributed by atoms with Crippen molar-refractivity contribution in [1.82, 2.24) is 10.2 Å². The predicted molar refractivity (Wildman–Crippen MR) is 151 cm³/mol.